The monoisotopic (exact) mass is 254 g/mol. The fourth-order valence-electron chi connectivity index (χ4n) is 1.78. The fourth-order valence-corrected chi connectivity index (χ4v) is 2.35. The van der Waals surface area contributed by atoms with Crippen LogP contribution in [0.15, 0.2) is 0 Å². The summed E-state index contributed by atoms with van der Waals surface area (Å²) in [5, 5.41) is 0. The van der Waals surface area contributed by atoms with Crippen molar-refractivity contribution < 1.29 is 9.47 Å². The maximum Gasteiger partial charge on any atom is 0.164 e. The van der Waals surface area contributed by atoms with Gasteiger partial charge in [-0.05, 0) is 19.8 Å². The van der Waals surface area contributed by atoms with E-state index in [0.717, 1.165) is 6.61 Å². The first-order valence-electron chi connectivity index (χ1n) is 6.45. The molecule has 0 N–H and O–H groups in total. The van der Waals surface area contributed by atoms with Crippen molar-refractivity contribution in [1.29, 1.82) is 0 Å². The minimum Gasteiger partial charge on any atom is -0.350 e. The van der Waals surface area contributed by atoms with Crippen LogP contribution in [0.4, 0.5) is 0 Å². The first-order valence-corrected chi connectivity index (χ1v) is 9.95. The van der Waals surface area contributed by atoms with Crippen molar-refractivity contribution in [2.45, 2.75) is 59.2 Å². The molecule has 17 heavy (non-hydrogen) atoms. The van der Waals surface area contributed by atoms with E-state index in [-0.39, 0.29) is 6.10 Å². The molecule has 1 heterocycles. The molecule has 0 spiro atoms. The van der Waals surface area contributed by atoms with Gasteiger partial charge in [-0.2, -0.15) is 0 Å². The molecule has 0 aliphatic carbocycles. The Balaban J connectivity index is 2.84. The van der Waals surface area contributed by atoms with E-state index in [0.29, 0.717) is 11.8 Å². The van der Waals surface area contributed by atoms with Crippen LogP contribution in [0.3, 0.4) is 0 Å². The van der Waals surface area contributed by atoms with Gasteiger partial charge in [-0.3, -0.25) is 0 Å². The predicted molar refractivity (Wildman–Crippen MR) is 74.4 cm³/mol. The van der Waals surface area contributed by atoms with Gasteiger partial charge in [0.1, 0.15) is 14.2 Å². The molecule has 0 amide bonds. The van der Waals surface area contributed by atoms with Gasteiger partial charge in [0.25, 0.3) is 0 Å². The molecule has 1 fully saturated rings. The van der Waals surface area contributed by atoms with Gasteiger partial charge < -0.3 is 9.47 Å². The highest BCUT2D eigenvalue weighted by atomic mass is 28.3. The van der Waals surface area contributed by atoms with Crippen molar-refractivity contribution in [3.8, 4) is 11.5 Å². The summed E-state index contributed by atoms with van der Waals surface area (Å²) in [4.78, 5) is 0. The van der Waals surface area contributed by atoms with Gasteiger partial charge in [-0.15, -0.1) is 5.54 Å². The molecule has 1 aliphatic rings. The van der Waals surface area contributed by atoms with E-state index < -0.39 is 13.9 Å². The predicted octanol–water partition coefficient (Wildman–Crippen LogP) is 3.29. The Kier molecular flexibility index (Phi) is 4.46. The lowest BCUT2D eigenvalue weighted by atomic mass is 9.90. The molecule has 3 heteroatoms. The van der Waals surface area contributed by atoms with Gasteiger partial charge in [-0.25, -0.2) is 0 Å². The Bertz CT molecular complexity index is 317. The smallest absolute Gasteiger partial charge is 0.164 e. The topological polar surface area (TPSA) is 18.5 Å². The van der Waals surface area contributed by atoms with E-state index in [2.05, 4.69) is 45.0 Å². The van der Waals surface area contributed by atoms with E-state index in [1.807, 2.05) is 13.8 Å². The Morgan fingerprint density at radius 2 is 1.82 bits per heavy atom. The molecular weight excluding hydrogens is 228 g/mol. The molecular formula is C14H26O2Si. The van der Waals surface area contributed by atoms with Crippen LogP contribution in [0.2, 0.25) is 19.6 Å². The number of rotatable bonds is 1. The highest BCUT2D eigenvalue weighted by Crippen LogP contribution is 2.30. The summed E-state index contributed by atoms with van der Waals surface area (Å²) in [6.07, 6.45) is 0.0190. The zero-order valence-corrected chi connectivity index (χ0v) is 13.3. The van der Waals surface area contributed by atoms with Crippen LogP contribution in [0.5, 0.6) is 0 Å². The summed E-state index contributed by atoms with van der Waals surface area (Å²) in [5.41, 5.74) is 3.42. The summed E-state index contributed by atoms with van der Waals surface area (Å²) >= 11 is 0. The van der Waals surface area contributed by atoms with Gasteiger partial charge in [0.05, 0.1) is 6.61 Å². The molecule has 0 radical (unpaired) electrons. The summed E-state index contributed by atoms with van der Waals surface area (Å²) in [6, 6.07) is 0. The molecule has 0 aromatic heterocycles. The van der Waals surface area contributed by atoms with Gasteiger partial charge in [0.2, 0.25) is 0 Å². The van der Waals surface area contributed by atoms with Crippen LogP contribution in [0, 0.1) is 23.3 Å². The third-order valence-corrected chi connectivity index (χ3v) is 3.76. The van der Waals surface area contributed by atoms with Crippen LogP contribution in [-0.2, 0) is 9.47 Å². The molecule has 0 unspecified atom stereocenters. The van der Waals surface area contributed by atoms with Gasteiger partial charge >= 0.3 is 0 Å². The lowest BCUT2D eigenvalue weighted by Crippen LogP contribution is -2.47. The maximum absolute atomic E-state index is 5.97. The lowest BCUT2D eigenvalue weighted by molar-refractivity contribution is -0.284. The number of ether oxygens (including phenoxy) is 2. The Labute approximate surface area is 107 Å². The fraction of sp³-hybridized carbons (Fsp3) is 0.857. The Morgan fingerprint density at radius 3 is 2.29 bits per heavy atom. The summed E-state index contributed by atoms with van der Waals surface area (Å²) in [6.45, 7) is 15.9. The van der Waals surface area contributed by atoms with Crippen LogP contribution < -0.4 is 0 Å². The highest BCUT2D eigenvalue weighted by Gasteiger charge is 2.37. The molecule has 2 nitrogen and oxygen atoms in total. The third-order valence-electron chi connectivity index (χ3n) is 2.87. The van der Waals surface area contributed by atoms with Crippen molar-refractivity contribution >= 4 is 8.07 Å². The molecule has 0 aromatic carbocycles. The summed E-state index contributed by atoms with van der Waals surface area (Å²) in [7, 11) is -1.33. The zero-order chi connectivity index (χ0) is 13.3. The third kappa shape index (κ3) is 4.83. The molecule has 0 aromatic rings. The van der Waals surface area contributed by atoms with E-state index in [1.54, 1.807) is 0 Å². The van der Waals surface area contributed by atoms with Crippen LogP contribution in [0.1, 0.15) is 27.7 Å². The number of hydrogen-bond donors (Lipinski definition) is 0. The van der Waals surface area contributed by atoms with Crippen LogP contribution in [-0.4, -0.2) is 26.6 Å². The minimum absolute atomic E-state index is 0.0190. The molecule has 0 saturated carbocycles. The molecule has 2 atom stereocenters. The summed E-state index contributed by atoms with van der Waals surface area (Å²) < 4.78 is 11.7. The normalized spacial score (nSPS) is 28.7. The van der Waals surface area contributed by atoms with Gasteiger partial charge in [-0.1, -0.05) is 39.4 Å². The van der Waals surface area contributed by atoms with Crippen molar-refractivity contribution in [3.63, 3.8) is 0 Å². The van der Waals surface area contributed by atoms with E-state index >= 15 is 0 Å². The quantitative estimate of drug-likeness (QED) is 0.528. The standard InChI is InChI=1S/C14H26O2Si/c1-11(2)12-10-15-14(3,4)16-13(12)8-9-17(5,6)7/h11-13H,10H2,1-7H3/t12-,13-/m0/s1. The van der Waals surface area contributed by atoms with Crippen molar-refractivity contribution in [2.24, 2.45) is 11.8 Å². The first-order chi connectivity index (χ1) is 7.61. The molecule has 1 saturated heterocycles. The van der Waals surface area contributed by atoms with Crippen molar-refractivity contribution in [1.82, 2.24) is 0 Å². The minimum atomic E-state index is -1.33. The molecule has 98 valence electrons. The van der Waals surface area contributed by atoms with Gasteiger partial charge in [0, 0.05) is 5.92 Å². The van der Waals surface area contributed by atoms with Crippen molar-refractivity contribution in [2.75, 3.05) is 6.61 Å². The van der Waals surface area contributed by atoms with E-state index in [9.17, 15) is 0 Å². The summed E-state index contributed by atoms with van der Waals surface area (Å²) in [5.74, 6) is 3.78. The van der Waals surface area contributed by atoms with E-state index in [1.165, 1.54) is 0 Å². The molecule has 1 aliphatic heterocycles. The highest BCUT2D eigenvalue weighted by molar-refractivity contribution is 6.83. The molecule has 0 bridgehead atoms. The van der Waals surface area contributed by atoms with Crippen molar-refractivity contribution in [3.05, 3.63) is 0 Å². The van der Waals surface area contributed by atoms with Gasteiger partial charge in [0.15, 0.2) is 5.79 Å². The second kappa shape index (κ2) is 5.13. The van der Waals surface area contributed by atoms with Crippen LogP contribution in [0.25, 0.3) is 0 Å². The Morgan fingerprint density at radius 1 is 1.24 bits per heavy atom. The molecule has 1 rings (SSSR count). The largest absolute Gasteiger partial charge is 0.350 e. The Hall–Kier alpha value is -0.303. The maximum atomic E-state index is 5.97. The van der Waals surface area contributed by atoms with E-state index in [4.69, 9.17) is 9.47 Å². The second-order valence-electron chi connectivity index (χ2n) is 6.68. The average molecular weight is 254 g/mol. The second-order valence-corrected chi connectivity index (χ2v) is 11.4. The average Bonchev–Trinajstić information content (AvgIpc) is 2.11. The lowest BCUT2D eigenvalue weighted by Gasteiger charge is -2.40. The number of hydrogen-bond acceptors (Lipinski definition) is 2. The SMILES string of the molecule is CC(C)[C@@H]1COC(C)(C)O[C@H]1C#C[Si](C)(C)C. The van der Waals surface area contributed by atoms with Crippen LogP contribution >= 0.6 is 0 Å². The zero-order valence-electron chi connectivity index (χ0n) is 12.3. The first kappa shape index (κ1) is 14.8.